The van der Waals surface area contributed by atoms with Crippen LogP contribution in [0.15, 0.2) is 64.1 Å². The molecule has 2 N–H and O–H groups in total. The molecule has 0 radical (unpaired) electrons. The van der Waals surface area contributed by atoms with Crippen LogP contribution < -0.4 is 4.90 Å². The third-order valence-electron chi connectivity index (χ3n) is 4.31. The first-order valence-corrected chi connectivity index (χ1v) is 9.77. The summed E-state index contributed by atoms with van der Waals surface area (Å²) in [5.74, 6) is 0.456. The van der Waals surface area contributed by atoms with Gasteiger partial charge < -0.3 is 10.0 Å². The second-order valence-electron chi connectivity index (χ2n) is 6.14. The van der Waals surface area contributed by atoms with Crippen LogP contribution in [0.5, 0.6) is 0 Å². The molecule has 26 heavy (non-hydrogen) atoms. The molecule has 3 aromatic rings. The van der Waals surface area contributed by atoms with Gasteiger partial charge in [-0.05, 0) is 31.2 Å². The number of hydrogen-bond donors (Lipinski definition) is 2. The zero-order valence-corrected chi connectivity index (χ0v) is 16.4. The molecule has 130 valence electrons. The highest BCUT2D eigenvalue weighted by molar-refractivity contribution is 9.10. The Morgan fingerprint density at radius 2 is 1.81 bits per heavy atom. The highest BCUT2D eigenvalue weighted by Gasteiger charge is 2.31. The zero-order valence-electron chi connectivity index (χ0n) is 14.0. The number of hydrogen-bond acceptors (Lipinski definition) is 4. The lowest BCUT2D eigenvalue weighted by Crippen LogP contribution is -2.25. The van der Waals surface area contributed by atoms with Gasteiger partial charge >= 0.3 is 0 Å². The molecular formula is C20H16BrN3OS. The number of thiazole rings is 1. The summed E-state index contributed by atoms with van der Waals surface area (Å²) < 4.78 is 0.979. The summed E-state index contributed by atoms with van der Waals surface area (Å²) in [6.07, 6.45) is 0. The van der Waals surface area contributed by atoms with Crippen LogP contribution >= 0.6 is 27.3 Å². The maximum Gasteiger partial charge on any atom is 0.139 e. The fraction of sp³-hybridized carbons (Fsp3) is 0.100. The fourth-order valence-corrected chi connectivity index (χ4v) is 4.05. The Balaban J connectivity index is 1.63. The molecule has 1 aliphatic heterocycles. The Morgan fingerprint density at radius 1 is 1.12 bits per heavy atom. The van der Waals surface area contributed by atoms with Crippen LogP contribution in [0.2, 0.25) is 0 Å². The first kappa shape index (κ1) is 17.0. The van der Waals surface area contributed by atoms with Gasteiger partial charge in [-0.3, -0.25) is 5.41 Å². The number of aromatic nitrogens is 1. The lowest BCUT2D eigenvalue weighted by Gasteiger charge is -2.18. The number of benzene rings is 2. The molecule has 0 aliphatic carbocycles. The lowest BCUT2D eigenvalue weighted by atomic mass is 10.1. The maximum absolute atomic E-state index is 10.5. The van der Waals surface area contributed by atoms with Crippen molar-refractivity contribution in [3.8, 4) is 11.3 Å². The Bertz CT molecular complexity index is 1010. The first-order valence-electron chi connectivity index (χ1n) is 8.10. The summed E-state index contributed by atoms with van der Waals surface area (Å²) in [7, 11) is 0. The van der Waals surface area contributed by atoms with Crippen LogP contribution in [-0.2, 0) is 0 Å². The summed E-state index contributed by atoms with van der Waals surface area (Å²) in [5, 5.41) is 21.6. The highest BCUT2D eigenvalue weighted by Crippen LogP contribution is 2.34. The van der Waals surface area contributed by atoms with E-state index in [1.165, 1.54) is 16.9 Å². The van der Waals surface area contributed by atoms with Gasteiger partial charge in [-0.2, -0.15) is 0 Å². The molecule has 4 rings (SSSR count). The van der Waals surface area contributed by atoms with Gasteiger partial charge in [-0.25, -0.2) is 4.98 Å². The molecule has 2 aromatic carbocycles. The Morgan fingerprint density at radius 3 is 2.50 bits per heavy atom. The van der Waals surface area contributed by atoms with Gasteiger partial charge in [0, 0.05) is 21.1 Å². The van der Waals surface area contributed by atoms with Crippen molar-refractivity contribution in [3.05, 3.63) is 74.7 Å². The number of nitrogens with one attached hydrogen (secondary N) is 1. The maximum atomic E-state index is 10.5. The van der Waals surface area contributed by atoms with Crippen LogP contribution in [0.25, 0.3) is 16.8 Å². The average molecular weight is 426 g/mol. The molecule has 0 atom stereocenters. The van der Waals surface area contributed by atoms with Gasteiger partial charge in [-0.1, -0.05) is 45.8 Å². The van der Waals surface area contributed by atoms with Crippen molar-refractivity contribution in [3.63, 3.8) is 0 Å². The van der Waals surface area contributed by atoms with E-state index in [0.717, 1.165) is 21.4 Å². The molecule has 0 amide bonds. The minimum absolute atomic E-state index is 0.183. The molecule has 0 unspecified atom stereocenters. The van der Waals surface area contributed by atoms with Crippen LogP contribution in [0.4, 0.5) is 5.69 Å². The number of nitrogens with zero attached hydrogens (tertiary/aromatic N) is 2. The van der Waals surface area contributed by atoms with E-state index >= 15 is 0 Å². The standard InChI is InChI=1S/C20H16BrN3OS/c1-12-2-4-13(5-3-12)16-11-26-20(23-16)18-17(25)10-24(19(18)22)15-8-6-14(21)7-9-15/h2-9,11,22,25H,10H2,1H3. The van der Waals surface area contributed by atoms with Crippen molar-refractivity contribution in [1.82, 2.24) is 4.98 Å². The Kier molecular flexibility index (Phi) is 4.38. The van der Waals surface area contributed by atoms with Gasteiger partial charge in [0.25, 0.3) is 0 Å². The predicted octanol–water partition coefficient (Wildman–Crippen LogP) is 5.65. The highest BCUT2D eigenvalue weighted by atomic mass is 79.9. The smallest absolute Gasteiger partial charge is 0.139 e. The van der Waals surface area contributed by atoms with Crippen LogP contribution in [0.1, 0.15) is 10.6 Å². The third-order valence-corrected chi connectivity index (χ3v) is 5.70. The van der Waals surface area contributed by atoms with Crippen molar-refractivity contribution < 1.29 is 5.11 Å². The summed E-state index contributed by atoms with van der Waals surface area (Å²) in [5.41, 5.74) is 4.48. The van der Waals surface area contributed by atoms with E-state index in [2.05, 4.69) is 40.0 Å². The van der Waals surface area contributed by atoms with Gasteiger partial charge in [0.2, 0.25) is 0 Å². The van der Waals surface area contributed by atoms with Crippen LogP contribution in [0, 0.1) is 12.3 Å². The Labute approximate surface area is 164 Å². The summed E-state index contributed by atoms with van der Waals surface area (Å²) in [4.78, 5) is 6.44. The van der Waals surface area contributed by atoms with Crippen molar-refractivity contribution in [2.75, 3.05) is 11.4 Å². The van der Waals surface area contributed by atoms with Crippen molar-refractivity contribution in [2.45, 2.75) is 6.92 Å². The second-order valence-corrected chi connectivity index (χ2v) is 7.91. The minimum atomic E-state index is 0.183. The second kappa shape index (κ2) is 6.70. The molecule has 0 saturated heterocycles. The molecule has 0 saturated carbocycles. The molecule has 4 nitrogen and oxygen atoms in total. The molecule has 0 spiro atoms. The largest absolute Gasteiger partial charge is 0.510 e. The van der Waals surface area contributed by atoms with E-state index < -0.39 is 0 Å². The van der Waals surface area contributed by atoms with E-state index in [1.54, 1.807) is 4.90 Å². The van der Waals surface area contributed by atoms with Crippen molar-refractivity contribution >= 4 is 44.4 Å². The van der Waals surface area contributed by atoms with Gasteiger partial charge in [0.1, 0.15) is 16.6 Å². The number of halogens is 1. The molecule has 2 heterocycles. The number of aliphatic hydroxyl groups is 1. The van der Waals surface area contributed by atoms with Gasteiger partial charge in [0.05, 0.1) is 17.8 Å². The van der Waals surface area contributed by atoms with Crippen molar-refractivity contribution in [1.29, 1.82) is 5.41 Å². The molecular weight excluding hydrogens is 410 g/mol. The minimum Gasteiger partial charge on any atom is -0.510 e. The summed E-state index contributed by atoms with van der Waals surface area (Å²) >= 11 is 4.87. The molecule has 0 bridgehead atoms. The van der Waals surface area contributed by atoms with Crippen LogP contribution in [-0.4, -0.2) is 22.5 Å². The zero-order chi connectivity index (χ0) is 18.3. The lowest BCUT2D eigenvalue weighted by molar-refractivity contribution is 0.411. The van der Waals surface area contributed by atoms with E-state index in [4.69, 9.17) is 5.41 Å². The van der Waals surface area contributed by atoms with E-state index in [1.807, 2.05) is 41.8 Å². The third kappa shape index (κ3) is 3.06. The van der Waals surface area contributed by atoms with Crippen LogP contribution in [0.3, 0.4) is 0 Å². The monoisotopic (exact) mass is 425 g/mol. The quantitative estimate of drug-likeness (QED) is 0.569. The molecule has 1 aromatic heterocycles. The van der Waals surface area contributed by atoms with Gasteiger partial charge in [-0.15, -0.1) is 11.3 Å². The number of aryl methyl sites for hydroxylation is 1. The van der Waals surface area contributed by atoms with E-state index in [-0.39, 0.29) is 18.1 Å². The van der Waals surface area contributed by atoms with E-state index in [0.29, 0.717) is 10.6 Å². The normalized spacial score (nSPS) is 14.4. The predicted molar refractivity (Wildman–Crippen MR) is 111 cm³/mol. The molecule has 0 fully saturated rings. The number of aliphatic hydroxyl groups excluding tert-OH is 1. The summed E-state index contributed by atoms with van der Waals surface area (Å²) in [6, 6.07) is 15.9. The fourth-order valence-electron chi connectivity index (χ4n) is 2.89. The summed E-state index contributed by atoms with van der Waals surface area (Å²) in [6.45, 7) is 2.34. The molecule has 6 heteroatoms. The van der Waals surface area contributed by atoms with Crippen molar-refractivity contribution in [2.24, 2.45) is 0 Å². The Hall–Kier alpha value is -2.44. The average Bonchev–Trinajstić information content (AvgIpc) is 3.21. The SMILES string of the molecule is Cc1ccc(-c2csc(C3=C(O)CN(c4ccc(Br)cc4)C3=N)n2)cc1. The molecule has 1 aliphatic rings. The van der Waals surface area contributed by atoms with E-state index in [9.17, 15) is 5.11 Å². The topological polar surface area (TPSA) is 60.2 Å². The number of amidine groups is 1. The first-order chi connectivity index (χ1) is 12.5. The number of rotatable bonds is 3. The van der Waals surface area contributed by atoms with Gasteiger partial charge in [0.15, 0.2) is 0 Å². The number of anilines is 1.